The molecule has 0 aliphatic heterocycles. The molecule has 0 spiro atoms. The number of oxime groups is 1. The van der Waals surface area contributed by atoms with Gasteiger partial charge >= 0.3 is 12.1 Å². The molecule has 8 nitrogen and oxygen atoms in total. The molecule has 1 N–H and O–H groups in total. The molecule has 190 valence electrons. The lowest BCUT2D eigenvalue weighted by Crippen LogP contribution is -2.20. The van der Waals surface area contributed by atoms with Crippen LogP contribution in [0.5, 0.6) is 5.88 Å². The Morgan fingerprint density at radius 1 is 1.08 bits per heavy atom. The van der Waals surface area contributed by atoms with Gasteiger partial charge in [0, 0.05) is 17.2 Å². The van der Waals surface area contributed by atoms with Crippen LogP contribution in [0.1, 0.15) is 22.4 Å². The van der Waals surface area contributed by atoms with Crippen molar-refractivity contribution in [2.75, 3.05) is 19.5 Å². The second-order valence-corrected chi connectivity index (χ2v) is 7.13. The number of aromatic nitrogens is 2. The molecule has 0 aliphatic rings. The van der Waals surface area contributed by atoms with Crippen LogP contribution in [0.25, 0.3) is 0 Å². The minimum absolute atomic E-state index is 0.191. The quantitative estimate of drug-likeness (QED) is 0.199. The molecule has 3 rings (SSSR count). The van der Waals surface area contributed by atoms with Crippen molar-refractivity contribution in [3.05, 3.63) is 76.5 Å². The molecule has 0 amide bonds. The number of halogens is 5. The van der Waals surface area contributed by atoms with Gasteiger partial charge < -0.3 is 19.6 Å². The fourth-order valence-electron chi connectivity index (χ4n) is 3.09. The first-order valence-corrected chi connectivity index (χ1v) is 10.1. The Balaban J connectivity index is 1.99. The molecule has 36 heavy (non-hydrogen) atoms. The zero-order valence-electron chi connectivity index (χ0n) is 19.1. The van der Waals surface area contributed by atoms with Gasteiger partial charge in [-0.25, -0.2) is 18.6 Å². The third-order valence-corrected chi connectivity index (χ3v) is 4.75. The molecule has 13 heteroatoms. The lowest BCUT2D eigenvalue weighted by molar-refractivity contribution is -0.141. The number of esters is 1. The number of methoxy groups -OCH3 is 1. The summed E-state index contributed by atoms with van der Waals surface area (Å²) in [4.78, 5) is 24.2. The number of rotatable bonds is 8. The maximum atomic E-state index is 14.0. The van der Waals surface area contributed by atoms with Crippen LogP contribution in [0.15, 0.2) is 47.6 Å². The van der Waals surface area contributed by atoms with E-state index in [-0.39, 0.29) is 23.6 Å². The minimum Gasteiger partial charge on any atom is -0.472 e. The van der Waals surface area contributed by atoms with Crippen molar-refractivity contribution in [2.45, 2.75) is 19.7 Å². The summed E-state index contributed by atoms with van der Waals surface area (Å²) >= 11 is 0. The predicted molar refractivity (Wildman–Crippen MR) is 118 cm³/mol. The van der Waals surface area contributed by atoms with Crippen molar-refractivity contribution >= 4 is 23.3 Å². The van der Waals surface area contributed by atoms with Crippen LogP contribution in [-0.2, 0) is 27.2 Å². The molecule has 0 atom stereocenters. The normalized spacial score (nSPS) is 11.7. The van der Waals surface area contributed by atoms with Crippen molar-refractivity contribution in [1.29, 1.82) is 0 Å². The van der Waals surface area contributed by atoms with Crippen molar-refractivity contribution in [3.63, 3.8) is 0 Å². The molecular formula is C23H19F5N4O4. The summed E-state index contributed by atoms with van der Waals surface area (Å²) in [6.07, 6.45) is -4.88. The Labute approximate surface area is 201 Å². The van der Waals surface area contributed by atoms with Gasteiger partial charge in [-0.3, -0.25) is 0 Å². The largest absolute Gasteiger partial charge is 0.472 e. The van der Waals surface area contributed by atoms with Crippen LogP contribution >= 0.6 is 0 Å². The van der Waals surface area contributed by atoms with Crippen molar-refractivity contribution < 1.29 is 41.1 Å². The molecule has 2 aromatic carbocycles. The monoisotopic (exact) mass is 510 g/mol. The van der Waals surface area contributed by atoms with Crippen LogP contribution in [0.3, 0.4) is 0 Å². The van der Waals surface area contributed by atoms with E-state index in [9.17, 15) is 26.7 Å². The highest BCUT2D eigenvalue weighted by atomic mass is 19.4. The van der Waals surface area contributed by atoms with Gasteiger partial charge in [-0.2, -0.15) is 18.2 Å². The Kier molecular flexibility index (Phi) is 8.02. The van der Waals surface area contributed by atoms with Gasteiger partial charge in [-0.15, -0.1) is 0 Å². The molecule has 1 aromatic heterocycles. The zero-order valence-corrected chi connectivity index (χ0v) is 19.1. The van der Waals surface area contributed by atoms with Gasteiger partial charge in [0.25, 0.3) is 0 Å². The van der Waals surface area contributed by atoms with E-state index in [0.717, 1.165) is 26.2 Å². The summed E-state index contributed by atoms with van der Waals surface area (Å²) in [5, 5.41) is 5.97. The fourth-order valence-corrected chi connectivity index (χ4v) is 3.09. The topological polar surface area (TPSA) is 94.9 Å². The Bertz CT molecular complexity index is 1300. The summed E-state index contributed by atoms with van der Waals surface area (Å²) in [7, 11) is 2.37. The zero-order chi connectivity index (χ0) is 26.5. The molecule has 0 aliphatic carbocycles. The average Bonchev–Trinajstić information content (AvgIpc) is 2.83. The molecule has 3 aromatic rings. The number of nitrogens with one attached hydrogen (secondary N) is 1. The van der Waals surface area contributed by atoms with Gasteiger partial charge in [0.15, 0.2) is 11.4 Å². The van der Waals surface area contributed by atoms with Gasteiger partial charge in [0.2, 0.25) is 11.8 Å². The maximum Gasteiger partial charge on any atom is 0.433 e. The summed E-state index contributed by atoms with van der Waals surface area (Å²) < 4.78 is 78.4. The first-order valence-electron chi connectivity index (χ1n) is 10.1. The summed E-state index contributed by atoms with van der Waals surface area (Å²) in [5.41, 5.74) is -1.68. The standard InChI is InChI=1S/C23H19F5N4O4/c1-12-19(23(26,27)28)30-22(29-17-9-8-14(24)10-16(17)25)31-20(12)36-11-13-6-4-5-7-15(13)18(32-35-3)21(33)34-2/h4-10H,11H2,1-3H3,(H,29,30,31)/b32-18+. The second kappa shape index (κ2) is 11.0. The van der Waals surface area contributed by atoms with Crippen LogP contribution in [0.4, 0.5) is 33.6 Å². The number of ether oxygens (including phenoxy) is 2. The van der Waals surface area contributed by atoms with Gasteiger partial charge in [0.1, 0.15) is 25.4 Å². The lowest BCUT2D eigenvalue weighted by atomic mass is 10.0. The Morgan fingerprint density at radius 3 is 2.44 bits per heavy atom. The van der Waals surface area contributed by atoms with Crippen LogP contribution in [0, 0.1) is 18.6 Å². The molecular weight excluding hydrogens is 491 g/mol. The molecule has 0 saturated carbocycles. The molecule has 1 heterocycles. The molecule has 0 unspecified atom stereocenters. The van der Waals surface area contributed by atoms with Crippen molar-refractivity contribution in [2.24, 2.45) is 5.16 Å². The number of hydrogen-bond acceptors (Lipinski definition) is 8. The van der Waals surface area contributed by atoms with Crippen LogP contribution < -0.4 is 10.1 Å². The van der Waals surface area contributed by atoms with Crippen LogP contribution in [0.2, 0.25) is 0 Å². The number of carbonyl (C=O) groups excluding carboxylic acids is 1. The summed E-state index contributed by atoms with van der Waals surface area (Å²) in [6.45, 7) is 0.772. The van der Waals surface area contributed by atoms with E-state index in [4.69, 9.17) is 14.3 Å². The smallest absolute Gasteiger partial charge is 0.433 e. The highest BCUT2D eigenvalue weighted by molar-refractivity contribution is 6.43. The Morgan fingerprint density at radius 2 is 1.81 bits per heavy atom. The number of anilines is 2. The van der Waals surface area contributed by atoms with E-state index in [1.54, 1.807) is 18.2 Å². The van der Waals surface area contributed by atoms with Crippen LogP contribution in [-0.4, -0.2) is 35.9 Å². The number of alkyl halides is 3. The molecule has 0 fully saturated rings. The van der Waals surface area contributed by atoms with E-state index in [1.165, 1.54) is 13.2 Å². The lowest BCUT2D eigenvalue weighted by Gasteiger charge is -2.17. The van der Waals surface area contributed by atoms with E-state index in [1.807, 2.05) is 0 Å². The summed E-state index contributed by atoms with van der Waals surface area (Å²) in [5.74, 6) is -3.82. The fraction of sp³-hybridized carbons (Fsp3) is 0.217. The van der Waals surface area contributed by atoms with E-state index in [0.29, 0.717) is 11.6 Å². The van der Waals surface area contributed by atoms with E-state index < -0.39 is 46.9 Å². The number of hydrogen-bond donors (Lipinski definition) is 1. The average molecular weight is 510 g/mol. The third kappa shape index (κ3) is 6.03. The summed E-state index contributed by atoms with van der Waals surface area (Å²) in [6, 6.07) is 8.74. The van der Waals surface area contributed by atoms with E-state index >= 15 is 0 Å². The molecule has 0 bridgehead atoms. The Hall–Kier alpha value is -4.29. The minimum atomic E-state index is -4.88. The van der Waals surface area contributed by atoms with Gasteiger partial charge in [0.05, 0.1) is 12.8 Å². The SMILES string of the molecule is CO/N=C(/C(=O)OC)c1ccccc1COc1nc(Nc2ccc(F)cc2F)nc(C(F)(F)F)c1C. The van der Waals surface area contributed by atoms with Crippen molar-refractivity contribution in [3.8, 4) is 5.88 Å². The van der Waals surface area contributed by atoms with Crippen molar-refractivity contribution in [1.82, 2.24) is 9.97 Å². The highest BCUT2D eigenvalue weighted by Gasteiger charge is 2.37. The second-order valence-electron chi connectivity index (χ2n) is 7.13. The number of carbonyl (C=O) groups is 1. The first-order chi connectivity index (χ1) is 17.0. The van der Waals surface area contributed by atoms with Gasteiger partial charge in [-0.1, -0.05) is 29.4 Å². The third-order valence-electron chi connectivity index (χ3n) is 4.75. The maximum absolute atomic E-state index is 14.0. The van der Waals surface area contributed by atoms with E-state index in [2.05, 4.69) is 20.4 Å². The first kappa shape index (κ1) is 26.3. The van der Waals surface area contributed by atoms with Gasteiger partial charge in [-0.05, 0) is 24.6 Å². The molecule has 0 radical (unpaired) electrons. The molecule has 0 saturated heterocycles. The highest BCUT2D eigenvalue weighted by Crippen LogP contribution is 2.35. The number of benzene rings is 2. The predicted octanol–water partition coefficient (Wildman–Crippen LogP) is 4.93. The number of nitrogens with zero attached hydrogens (tertiary/aromatic N) is 3.